The number of carbonyl (C=O) groups excluding carboxylic acids is 2. The molecule has 1 fully saturated rings. The van der Waals surface area contributed by atoms with E-state index in [9.17, 15) is 18.0 Å². The Morgan fingerprint density at radius 2 is 2.08 bits per heavy atom. The molecule has 0 spiro atoms. The first-order valence-corrected chi connectivity index (χ1v) is 9.51. The van der Waals surface area contributed by atoms with Crippen molar-refractivity contribution in [1.29, 1.82) is 0 Å². The summed E-state index contributed by atoms with van der Waals surface area (Å²) in [5.41, 5.74) is 1.52. The van der Waals surface area contributed by atoms with E-state index in [1.165, 1.54) is 6.92 Å². The maximum absolute atomic E-state index is 12.2. The number of rotatable bonds is 4. The lowest BCUT2D eigenvalue weighted by molar-refractivity contribution is -0.122. The van der Waals surface area contributed by atoms with Gasteiger partial charge in [0.05, 0.1) is 22.7 Å². The second kappa shape index (κ2) is 6.27. The van der Waals surface area contributed by atoms with E-state index in [2.05, 4.69) is 10.6 Å². The van der Waals surface area contributed by atoms with E-state index in [0.717, 1.165) is 10.9 Å². The second-order valence-electron chi connectivity index (χ2n) is 6.03. The highest BCUT2D eigenvalue weighted by molar-refractivity contribution is 7.91. The van der Waals surface area contributed by atoms with Gasteiger partial charge in [-0.25, -0.2) is 8.42 Å². The predicted octanol–water partition coefficient (Wildman–Crippen LogP) is 0.903. The molecule has 1 aliphatic rings. The Kier molecular flexibility index (Phi) is 4.31. The van der Waals surface area contributed by atoms with Crippen LogP contribution in [0.1, 0.15) is 13.3 Å². The smallest absolute Gasteiger partial charge is 0.240 e. The van der Waals surface area contributed by atoms with Gasteiger partial charge in [0.25, 0.3) is 0 Å². The van der Waals surface area contributed by atoms with Crippen molar-refractivity contribution in [2.24, 2.45) is 0 Å². The van der Waals surface area contributed by atoms with Gasteiger partial charge in [0.2, 0.25) is 11.8 Å². The van der Waals surface area contributed by atoms with Crippen molar-refractivity contribution in [3.8, 4) is 0 Å². The maximum atomic E-state index is 12.2. The molecule has 0 radical (unpaired) electrons. The SMILES string of the molecule is CC(=O)Nc1cccc2c1ccn2CC(=O)N[C@@H]1CCS(=O)(=O)C1. The third-order valence-corrected chi connectivity index (χ3v) is 5.80. The quantitative estimate of drug-likeness (QED) is 0.857. The fraction of sp³-hybridized carbons (Fsp3) is 0.375. The van der Waals surface area contributed by atoms with Crippen LogP contribution in [0.3, 0.4) is 0 Å². The molecule has 0 aliphatic carbocycles. The van der Waals surface area contributed by atoms with Crippen LogP contribution < -0.4 is 10.6 Å². The molecule has 1 saturated heterocycles. The summed E-state index contributed by atoms with van der Waals surface area (Å²) in [7, 11) is -3.02. The highest BCUT2D eigenvalue weighted by Crippen LogP contribution is 2.24. The summed E-state index contributed by atoms with van der Waals surface area (Å²) in [5.74, 6) is -0.238. The highest BCUT2D eigenvalue weighted by atomic mass is 32.2. The first-order valence-electron chi connectivity index (χ1n) is 7.69. The zero-order valence-corrected chi connectivity index (χ0v) is 14.1. The lowest BCUT2D eigenvalue weighted by atomic mass is 10.2. The molecule has 1 atom stereocenters. The molecule has 1 aliphatic heterocycles. The molecule has 8 heteroatoms. The molecule has 0 saturated carbocycles. The third kappa shape index (κ3) is 3.59. The van der Waals surface area contributed by atoms with Gasteiger partial charge in [-0.1, -0.05) is 6.07 Å². The van der Waals surface area contributed by atoms with Crippen molar-refractivity contribution in [3.05, 3.63) is 30.5 Å². The molecule has 2 amide bonds. The van der Waals surface area contributed by atoms with E-state index >= 15 is 0 Å². The van der Waals surface area contributed by atoms with Crippen LogP contribution in [0.4, 0.5) is 5.69 Å². The molecule has 1 aromatic carbocycles. The van der Waals surface area contributed by atoms with Crippen LogP contribution in [-0.2, 0) is 26.0 Å². The normalized spacial score (nSPS) is 19.3. The summed E-state index contributed by atoms with van der Waals surface area (Å²) in [6.45, 7) is 1.54. The van der Waals surface area contributed by atoms with E-state index in [-0.39, 0.29) is 35.9 Å². The van der Waals surface area contributed by atoms with Crippen molar-refractivity contribution in [1.82, 2.24) is 9.88 Å². The van der Waals surface area contributed by atoms with Crippen LogP contribution >= 0.6 is 0 Å². The zero-order chi connectivity index (χ0) is 17.3. The second-order valence-corrected chi connectivity index (χ2v) is 8.26. The third-order valence-electron chi connectivity index (χ3n) is 4.04. The van der Waals surface area contributed by atoms with Crippen molar-refractivity contribution in [2.45, 2.75) is 25.9 Å². The minimum atomic E-state index is -3.02. The molecule has 3 rings (SSSR count). The molecular formula is C16H19N3O4S. The number of carbonyl (C=O) groups is 2. The number of hydrogen-bond acceptors (Lipinski definition) is 4. The van der Waals surface area contributed by atoms with Crippen LogP contribution in [-0.4, -0.2) is 42.3 Å². The van der Waals surface area contributed by atoms with E-state index in [1.54, 1.807) is 16.8 Å². The van der Waals surface area contributed by atoms with Gasteiger partial charge < -0.3 is 15.2 Å². The van der Waals surface area contributed by atoms with Crippen molar-refractivity contribution in [2.75, 3.05) is 16.8 Å². The topological polar surface area (TPSA) is 97.3 Å². The summed E-state index contributed by atoms with van der Waals surface area (Å²) >= 11 is 0. The van der Waals surface area contributed by atoms with Gasteiger partial charge in [-0.15, -0.1) is 0 Å². The van der Waals surface area contributed by atoms with Crippen LogP contribution in [0.5, 0.6) is 0 Å². The Balaban J connectivity index is 1.73. The number of nitrogens with one attached hydrogen (secondary N) is 2. The number of nitrogens with zero attached hydrogens (tertiary/aromatic N) is 1. The summed E-state index contributed by atoms with van der Waals surface area (Å²) < 4.78 is 24.7. The standard InChI is InChI=1S/C16H19N3O4S/c1-11(20)17-14-3-2-4-15-13(14)5-7-19(15)9-16(21)18-12-6-8-24(22,23)10-12/h2-5,7,12H,6,8-10H2,1H3,(H,17,20)(H,18,21)/t12-/m1/s1. The minimum Gasteiger partial charge on any atom is -0.351 e. The molecule has 24 heavy (non-hydrogen) atoms. The van der Waals surface area contributed by atoms with Crippen LogP contribution in [0, 0.1) is 0 Å². The molecule has 0 unspecified atom stereocenters. The molecule has 2 N–H and O–H groups in total. The van der Waals surface area contributed by atoms with Gasteiger partial charge in [-0.05, 0) is 24.6 Å². The number of fused-ring (bicyclic) bond motifs is 1. The van der Waals surface area contributed by atoms with E-state index in [0.29, 0.717) is 12.1 Å². The van der Waals surface area contributed by atoms with Gasteiger partial charge in [0.1, 0.15) is 6.54 Å². The first-order chi connectivity index (χ1) is 11.3. The molecule has 2 heterocycles. The number of hydrogen-bond donors (Lipinski definition) is 2. The number of aromatic nitrogens is 1. The zero-order valence-electron chi connectivity index (χ0n) is 13.3. The number of sulfone groups is 1. The highest BCUT2D eigenvalue weighted by Gasteiger charge is 2.28. The van der Waals surface area contributed by atoms with Crippen molar-refractivity contribution >= 4 is 38.2 Å². The average Bonchev–Trinajstić information content (AvgIpc) is 3.03. The molecular weight excluding hydrogens is 330 g/mol. The summed E-state index contributed by atoms with van der Waals surface area (Å²) in [5, 5.41) is 6.39. The Bertz CT molecular complexity index is 901. The van der Waals surface area contributed by atoms with Crippen LogP contribution in [0.2, 0.25) is 0 Å². The molecule has 7 nitrogen and oxygen atoms in total. The Labute approximate surface area is 139 Å². The summed E-state index contributed by atoms with van der Waals surface area (Å²) in [6, 6.07) is 7.02. The molecule has 128 valence electrons. The predicted molar refractivity (Wildman–Crippen MR) is 91.4 cm³/mol. The molecule has 0 bridgehead atoms. The fourth-order valence-corrected chi connectivity index (χ4v) is 4.67. The Morgan fingerprint density at radius 3 is 2.75 bits per heavy atom. The van der Waals surface area contributed by atoms with Gasteiger partial charge in [0.15, 0.2) is 9.84 Å². The van der Waals surface area contributed by atoms with Crippen LogP contribution in [0.25, 0.3) is 10.9 Å². The number of amides is 2. The Morgan fingerprint density at radius 1 is 1.29 bits per heavy atom. The first kappa shape index (κ1) is 16.5. The van der Waals surface area contributed by atoms with E-state index in [4.69, 9.17) is 0 Å². The van der Waals surface area contributed by atoms with Crippen molar-refractivity contribution < 1.29 is 18.0 Å². The largest absolute Gasteiger partial charge is 0.351 e. The van der Waals surface area contributed by atoms with E-state index < -0.39 is 9.84 Å². The number of benzene rings is 1. The average molecular weight is 349 g/mol. The summed E-state index contributed by atoms with van der Waals surface area (Å²) in [6.07, 6.45) is 2.24. The lowest BCUT2D eigenvalue weighted by Gasteiger charge is -2.12. The summed E-state index contributed by atoms with van der Waals surface area (Å²) in [4.78, 5) is 23.4. The van der Waals surface area contributed by atoms with Gasteiger partial charge in [0, 0.05) is 24.5 Å². The minimum absolute atomic E-state index is 0.0118. The molecule has 2 aromatic rings. The van der Waals surface area contributed by atoms with Gasteiger partial charge in [-0.2, -0.15) is 0 Å². The Hall–Kier alpha value is -2.35. The fourth-order valence-electron chi connectivity index (χ4n) is 3.00. The monoisotopic (exact) mass is 349 g/mol. The molecule has 1 aromatic heterocycles. The van der Waals surface area contributed by atoms with Crippen LogP contribution in [0.15, 0.2) is 30.5 Å². The van der Waals surface area contributed by atoms with Gasteiger partial charge in [-0.3, -0.25) is 9.59 Å². The number of anilines is 1. The maximum Gasteiger partial charge on any atom is 0.240 e. The lowest BCUT2D eigenvalue weighted by Crippen LogP contribution is -2.37. The van der Waals surface area contributed by atoms with Crippen molar-refractivity contribution in [3.63, 3.8) is 0 Å². The van der Waals surface area contributed by atoms with E-state index in [1.807, 2.05) is 18.2 Å². The van der Waals surface area contributed by atoms with Gasteiger partial charge >= 0.3 is 0 Å².